The Morgan fingerprint density at radius 3 is 3.00 bits per heavy atom. The monoisotopic (exact) mass is 283 g/mol. The largest absolute Gasteiger partial charge is 0.431 e. The zero-order valence-corrected chi connectivity index (χ0v) is 11.1. The quantitative estimate of drug-likeness (QED) is 0.788. The molecule has 0 bridgehead atoms. The van der Waals surface area contributed by atoms with Gasteiger partial charge in [-0.1, -0.05) is 35.1 Å². The third-order valence-electron chi connectivity index (χ3n) is 2.11. The lowest BCUT2D eigenvalue weighted by atomic mass is 10.2. The van der Waals surface area contributed by atoms with E-state index in [9.17, 15) is 4.79 Å². The average Bonchev–Trinajstić information content (AvgIpc) is 2.70. The molecule has 2 rings (SSSR count). The van der Waals surface area contributed by atoms with E-state index in [-0.39, 0.29) is 5.15 Å². The van der Waals surface area contributed by atoms with E-state index in [1.54, 1.807) is 13.2 Å². The molecule has 0 aliphatic carbocycles. The molecule has 18 heavy (non-hydrogen) atoms. The molecule has 1 aromatic heterocycles. The molecule has 6 heteroatoms. The Bertz CT molecular complexity index is 556. The van der Waals surface area contributed by atoms with Crippen molar-refractivity contribution >= 4 is 29.2 Å². The summed E-state index contributed by atoms with van der Waals surface area (Å²) >= 11 is 6.87. The van der Waals surface area contributed by atoms with Crippen LogP contribution in [0.3, 0.4) is 0 Å². The van der Waals surface area contributed by atoms with Crippen molar-refractivity contribution in [2.24, 2.45) is 0 Å². The second kappa shape index (κ2) is 5.95. The summed E-state index contributed by atoms with van der Waals surface area (Å²) in [5, 5.41) is 0.509. The lowest BCUT2D eigenvalue weighted by molar-refractivity contribution is 0.112. The summed E-state index contributed by atoms with van der Waals surface area (Å²) in [7, 11) is 1.63. The van der Waals surface area contributed by atoms with E-state index in [1.807, 2.05) is 18.2 Å². The Kier molecular flexibility index (Phi) is 4.30. The third-order valence-corrected chi connectivity index (χ3v) is 3.37. The lowest BCUT2D eigenvalue weighted by Crippen LogP contribution is -1.89. The number of benzene rings is 1. The van der Waals surface area contributed by atoms with Gasteiger partial charge in [0.1, 0.15) is 10.6 Å². The van der Waals surface area contributed by atoms with E-state index in [1.165, 1.54) is 0 Å². The molecule has 0 N–H and O–H groups in total. The number of ether oxygens (including phenoxy) is 2. The highest BCUT2D eigenvalue weighted by molar-refractivity contribution is 7.15. The molecule has 2 aromatic rings. The van der Waals surface area contributed by atoms with Crippen LogP contribution in [0.15, 0.2) is 24.3 Å². The first-order chi connectivity index (χ1) is 8.72. The normalized spacial score (nSPS) is 10.3. The highest BCUT2D eigenvalue weighted by atomic mass is 35.5. The third kappa shape index (κ3) is 3.07. The molecule has 0 amide bonds. The van der Waals surface area contributed by atoms with Crippen LogP contribution in [0, 0.1) is 0 Å². The van der Waals surface area contributed by atoms with Gasteiger partial charge in [-0.05, 0) is 17.7 Å². The zero-order chi connectivity index (χ0) is 13.0. The Morgan fingerprint density at radius 1 is 1.50 bits per heavy atom. The van der Waals surface area contributed by atoms with Crippen molar-refractivity contribution in [3.8, 4) is 10.9 Å². The summed E-state index contributed by atoms with van der Waals surface area (Å²) in [5.74, 6) is 0.632. The minimum Gasteiger partial charge on any atom is -0.431 e. The molecule has 1 heterocycles. The average molecular weight is 284 g/mol. The van der Waals surface area contributed by atoms with Crippen LogP contribution in [-0.2, 0) is 11.3 Å². The molecule has 0 saturated carbocycles. The summed E-state index contributed by atoms with van der Waals surface area (Å²) in [4.78, 5) is 15.0. The molecule has 0 unspecified atom stereocenters. The Morgan fingerprint density at radius 2 is 2.33 bits per heavy atom. The molecule has 0 atom stereocenters. The number of carbonyl (C=O) groups excluding carboxylic acids is 1. The number of carbonyl (C=O) groups is 1. The number of halogens is 1. The summed E-state index contributed by atoms with van der Waals surface area (Å²) in [5.41, 5.74) is 0.994. The van der Waals surface area contributed by atoms with Crippen molar-refractivity contribution in [2.75, 3.05) is 7.11 Å². The van der Waals surface area contributed by atoms with Gasteiger partial charge in [0.15, 0.2) is 11.4 Å². The van der Waals surface area contributed by atoms with Gasteiger partial charge >= 0.3 is 0 Å². The first-order valence-electron chi connectivity index (χ1n) is 5.10. The smallest absolute Gasteiger partial charge is 0.280 e. The van der Waals surface area contributed by atoms with E-state index in [4.69, 9.17) is 21.1 Å². The van der Waals surface area contributed by atoms with Crippen LogP contribution in [-0.4, -0.2) is 18.4 Å². The molecule has 4 nitrogen and oxygen atoms in total. The predicted octanol–water partition coefficient (Wildman–Crippen LogP) is 3.55. The first kappa shape index (κ1) is 13.0. The van der Waals surface area contributed by atoms with Crippen LogP contribution in [0.1, 0.15) is 15.2 Å². The van der Waals surface area contributed by atoms with Crippen LogP contribution >= 0.6 is 22.9 Å². The van der Waals surface area contributed by atoms with E-state index < -0.39 is 0 Å². The van der Waals surface area contributed by atoms with Gasteiger partial charge in [0.25, 0.3) is 5.19 Å². The van der Waals surface area contributed by atoms with Gasteiger partial charge in [-0.3, -0.25) is 4.79 Å². The second-order valence-electron chi connectivity index (χ2n) is 3.44. The van der Waals surface area contributed by atoms with Crippen LogP contribution in [0.25, 0.3) is 0 Å². The molecule has 0 saturated heterocycles. The van der Waals surface area contributed by atoms with Crippen molar-refractivity contribution in [1.82, 2.24) is 4.98 Å². The number of thiazole rings is 1. The van der Waals surface area contributed by atoms with Crippen LogP contribution in [0.4, 0.5) is 0 Å². The van der Waals surface area contributed by atoms with Gasteiger partial charge in [-0.15, -0.1) is 0 Å². The number of hydrogen-bond acceptors (Lipinski definition) is 5. The Balaban J connectivity index is 2.17. The maximum atomic E-state index is 10.6. The fourth-order valence-corrected chi connectivity index (χ4v) is 2.30. The van der Waals surface area contributed by atoms with Crippen molar-refractivity contribution in [3.63, 3.8) is 0 Å². The van der Waals surface area contributed by atoms with Crippen molar-refractivity contribution in [3.05, 3.63) is 39.9 Å². The van der Waals surface area contributed by atoms with Crippen LogP contribution in [0.5, 0.6) is 10.9 Å². The van der Waals surface area contributed by atoms with Gasteiger partial charge in [-0.25, -0.2) is 0 Å². The minimum absolute atomic E-state index is 0.165. The van der Waals surface area contributed by atoms with Gasteiger partial charge in [0.2, 0.25) is 0 Å². The highest BCUT2D eigenvalue weighted by Crippen LogP contribution is 2.31. The predicted molar refractivity (Wildman–Crippen MR) is 69.7 cm³/mol. The van der Waals surface area contributed by atoms with E-state index in [0.717, 1.165) is 16.9 Å². The molecular weight excluding hydrogens is 274 g/mol. The highest BCUT2D eigenvalue weighted by Gasteiger charge is 2.10. The molecule has 0 radical (unpaired) electrons. The minimum atomic E-state index is 0.165. The van der Waals surface area contributed by atoms with Gasteiger partial charge in [-0.2, -0.15) is 4.98 Å². The van der Waals surface area contributed by atoms with Crippen molar-refractivity contribution in [2.45, 2.75) is 6.61 Å². The van der Waals surface area contributed by atoms with Crippen LogP contribution in [0.2, 0.25) is 5.15 Å². The zero-order valence-electron chi connectivity index (χ0n) is 9.55. The SMILES string of the molecule is COCc1cccc(Oc2nc(Cl)c(C=O)s2)c1. The fraction of sp³-hybridized carbons (Fsp3) is 0.167. The molecular formula is C12H10ClNO3S. The van der Waals surface area contributed by atoms with E-state index in [2.05, 4.69) is 4.98 Å². The van der Waals surface area contributed by atoms with Crippen molar-refractivity contribution < 1.29 is 14.3 Å². The topological polar surface area (TPSA) is 48.4 Å². The molecule has 0 aliphatic rings. The molecule has 0 aliphatic heterocycles. The van der Waals surface area contributed by atoms with Crippen molar-refractivity contribution in [1.29, 1.82) is 0 Å². The van der Waals surface area contributed by atoms with Gasteiger partial charge in [0, 0.05) is 7.11 Å². The molecule has 1 aromatic carbocycles. The summed E-state index contributed by atoms with van der Waals surface area (Å²) in [6.45, 7) is 0.509. The number of rotatable bonds is 5. The number of nitrogens with zero attached hydrogens (tertiary/aromatic N) is 1. The number of aldehydes is 1. The maximum Gasteiger partial charge on any atom is 0.280 e. The molecule has 0 fully saturated rings. The molecule has 94 valence electrons. The molecule has 0 spiro atoms. The summed E-state index contributed by atoms with van der Waals surface area (Å²) in [6, 6.07) is 7.44. The lowest BCUT2D eigenvalue weighted by Gasteiger charge is -2.04. The second-order valence-corrected chi connectivity index (χ2v) is 4.79. The standard InChI is InChI=1S/C12H10ClNO3S/c1-16-7-8-3-2-4-9(5-8)17-12-14-11(13)10(6-15)18-12/h2-6H,7H2,1H3. The number of aromatic nitrogens is 1. The fourth-order valence-electron chi connectivity index (χ4n) is 1.38. The summed E-state index contributed by atoms with van der Waals surface area (Å²) < 4.78 is 10.6. The Labute approximate surface area is 113 Å². The van der Waals surface area contributed by atoms with Gasteiger partial charge < -0.3 is 9.47 Å². The first-order valence-corrected chi connectivity index (χ1v) is 6.29. The van der Waals surface area contributed by atoms with E-state index >= 15 is 0 Å². The number of hydrogen-bond donors (Lipinski definition) is 0. The number of methoxy groups -OCH3 is 1. The van der Waals surface area contributed by atoms with E-state index in [0.29, 0.717) is 28.7 Å². The maximum absolute atomic E-state index is 10.6. The Hall–Kier alpha value is -1.43. The van der Waals surface area contributed by atoms with Crippen LogP contribution < -0.4 is 4.74 Å². The summed E-state index contributed by atoms with van der Waals surface area (Å²) in [6.07, 6.45) is 0.661. The van der Waals surface area contributed by atoms with Gasteiger partial charge in [0.05, 0.1) is 6.61 Å².